The van der Waals surface area contributed by atoms with Crippen LogP contribution in [0.2, 0.25) is 0 Å². The van der Waals surface area contributed by atoms with E-state index in [1.165, 1.54) is 25.7 Å². The van der Waals surface area contributed by atoms with Crippen molar-refractivity contribution in [3.8, 4) is 0 Å². The molecule has 1 nitrogen and oxygen atoms in total. The molecule has 1 N–H and O–H groups in total. The summed E-state index contributed by atoms with van der Waals surface area (Å²) >= 11 is 2.43. The maximum Gasteiger partial charge on any atom is 0.0467 e. The summed E-state index contributed by atoms with van der Waals surface area (Å²) in [6.45, 7) is 0. The first kappa shape index (κ1) is 10.8. The van der Waals surface area contributed by atoms with E-state index in [1.807, 2.05) is 0 Å². The Bertz CT molecular complexity index is 640. The number of halogens is 1. The number of benzene rings is 2. The van der Waals surface area contributed by atoms with Gasteiger partial charge in [0.25, 0.3) is 0 Å². The van der Waals surface area contributed by atoms with E-state index in [4.69, 9.17) is 0 Å². The predicted molar refractivity (Wildman–Crippen MR) is 80.3 cm³/mol. The van der Waals surface area contributed by atoms with Gasteiger partial charge in [0, 0.05) is 26.6 Å². The summed E-state index contributed by atoms with van der Waals surface area (Å²) in [4.78, 5) is 3.50. The molecule has 2 aromatic carbocycles. The van der Waals surface area contributed by atoms with E-state index in [9.17, 15) is 0 Å². The van der Waals surface area contributed by atoms with E-state index in [1.54, 1.807) is 0 Å². The highest BCUT2D eigenvalue weighted by Crippen LogP contribution is 2.25. The Morgan fingerprint density at radius 2 is 1.59 bits per heavy atom. The molecule has 1 heterocycles. The van der Waals surface area contributed by atoms with Gasteiger partial charge in [0.15, 0.2) is 0 Å². The van der Waals surface area contributed by atoms with Crippen LogP contribution >= 0.6 is 22.6 Å². The number of para-hydroxylation sites is 1. The zero-order valence-corrected chi connectivity index (χ0v) is 11.4. The standard InChI is InChI=1S/C15H12IN/c16-15-12-8-4-5-9-13(12)17-14(15)10-11-6-2-1-3-7-11/h1-9,17H,10H2. The highest BCUT2D eigenvalue weighted by molar-refractivity contribution is 14.1. The molecule has 3 aromatic rings. The van der Waals surface area contributed by atoms with E-state index in [0.717, 1.165) is 6.42 Å². The lowest BCUT2D eigenvalue weighted by Crippen LogP contribution is -1.89. The Kier molecular flexibility index (Phi) is 2.89. The van der Waals surface area contributed by atoms with Gasteiger partial charge in [-0.1, -0.05) is 48.5 Å². The highest BCUT2D eigenvalue weighted by Gasteiger charge is 2.08. The third kappa shape index (κ3) is 2.09. The second kappa shape index (κ2) is 4.53. The Hall–Kier alpha value is -1.29. The lowest BCUT2D eigenvalue weighted by Gasteiger charge is -1.99. The number of rotatable bonds is 2. The molecule has 2 heteroatoms. The van der Waals surface area contributed by atoms with Crippen molar-refractivity contribution in [2.75, 3.05) is 0 Å². The van der Waals surface area contributed by atoms with Crippen LogP contribution in [0.3, 0.4) is 0 Å². The number of aromatic amines is 1. The van der Waals surface area contributed by atoms with Crippen molar-refractivity contribution < 1.29 is 0 Å². The van der Waals surface area contributed by atoms with E-state index < -0.39 is 0 Å². The fraction of sp³-hybridized carbons (Fsp3) is 0.0667. The Morgan fingerprint density at radius 3 is 2.35 bits per heavy atom. The summed E-state index contributed by atoms with van der Waals surface area (Å²) < 4.78 is 1.34. The summed E-state index contributed by atoms with van der Waals surface area (Å²) in [7, 11) is 0. The lowest BCUT2D eigenvalue weighted by molar-refractivity contribution is 1.11. The largest absolute Gasteiger partial charge is 0.357 e. The summed E-state index contributed by atoms with van der Waals surface area (Å²) in [5.74, 6) is 0. The van der Waals surface area contributed by atoms with Crippen molar-refractivity contribution in [3.05, 3.63) is 69.4 Å². The molecule has 0 unspecified atom stereocenters. The van der Waals surface area contributed by atoms with Gasteiger partial charge in [-0.3, -0.25) is 0 Å². The van der Waals surface area contributed by atoms with Crippen molar-refractivity contribution in [2.24, 2.45) is 0 Å². The highest BCUT2D eigenvalue weighted by atomic mass is 127. The molecule has 0 saturated heterocycles. The minimum Gasteiger partial charge on any atom is -0.357 e. The van der Waals surface area contributed by atoms with Crippen molar-refractivity contribution in [1.82, 2.24) is 4.98 Å². The molecule has 0 radical (unpaired) electrons. The summed E-state index contributed by atoms with van der Waals surface area (Å²) in [5, 5.41) is 1.32. The normalized spacial score (nSPS) is 10.9. The molecule has 0 bridgehead atoms. The number of hydrogen-bond acceptors (Lipinski definition) is 0. The predicted octanol–water partition coefficient (Wildman–Crippen LogP) is 4.36. The lowest BCUT2D eigenvalue weighted by atomic mass is 10.1. The number of H-pyrrole nitrogens is 1. The Morgan fingerprint density at radius 1 is 0.882 bits per heavy atom. The van der Waals surface area contributed by atoms with Crippen molar-refractivity contribution in [3.63, 3.8) is 0 Å². The van der Waals surface area contributed by atoms with Crippen LogP contribution in [0.25, 0.3) is 10.9 Å². The van der Waals surface area contributed by atoms with Gasteiger partial charge in [-0.15, -0.1) is 0 Å². The summed E-state index contributed by atoms with van der Waals surface area (Å²) in [6, 6.07) is 19.0. The molecule has 0 aliphatic carbocycles. The van der Waals surface area contributed by atoms with E-state index in [-0.39, 0.29) is 0 Å². The molecule has 0 atom stereocenters. The SMILES string of the molecule is Ic1c(Cc2ccccc2)[nH]c2ccccc12. The van der Waals surface area contributed by atoms with Gasteiger partial charge in [-0.05, 0) is 34.2 Å². The monoisotopic (exact) mass is 333 g/mol. The van der Waals surface area contributed by atoms with Gasteiger partial charge in [0.1, 0.15) is 0 Å². The van der Waals surface area contributed by atoms with E-state index >= 15 is 0 Å². The van der Waals surface area contributed by atoms with Crippen LogP contribution in [0.4, 0.5) is 0 Å². The van der Waals surface area contributed by atoms with Gasteiger partial charge in [-0.2, -0.15) is 0 Å². The van der Waals surface area contributed by atoms with Crippen molar-refractivity contribution in [1.29, 1.82) is 0 Å². The number of hydrogen-bond donors (Lipinski definition) is 1. The van der Waals surface area contributed by atoms with Crippen LogP contribution in [-0.4, -0.2) is 4.98 Å². The third-order valence-corrected chi connectivity index (χ3v) is 4.17. The van der Waals surface area contributed by atoms with Crippen LogP contribution in [0.15, 0.2) is 54.6 Å². The first-order valence-corrected chi connectivity index (χ1v) is 6.71. The molecule has 0 amide bonds. The molecule has 1 aromatic heterocycles. The van der Waals surface area contributed by atoms with Crippen LogP contribution in [0.5, 0.6) is 0 Å². The second-order valence-electron chi connectivity index (χ2n) is 4.13. The van der Waals surface area contributed by atoms with Gasteiger partial charge in [-0.25, -0.2) is 0 Å². The van der Waals surface area contributed by atoms with Crippen LogP contribution in [0.1, 0.15) is 11.3 Å². The number of nitrogens with one attached hydrogen (secondary N) is 1. The third-order valence-electron chi connectivity index (χ3n) is 2.94. The molecule has 0 fully saturated rings. The molecule has 0 aliphatic heterocycles. The summed E-state index contributed by atoms with van der Waals surface area (Å²) in [5.41, 5.74) is 3.87. The Balaban J connectivity index is 2.04. The van der Waals surface area contributed by atoms with Crippen molar-refractivity contribution >= 4 is 33.5 Å². The first-order valence-electron chi connectivity index (χ1n) is 5.63. The zero-order valence-electron chi connectivity index (χ0n) is 9.28. The van der Waals surface area contributed by atoms with Gasteiger partial charge in [0.2, 0.25) is 0 Å². The summed E-state index contributed by atoms with van der Waals surface area (Å²) in [6.07, 6.45) is 0.966. The number of aromatic nitrogens is 1. The van der Waals surface area contributed by atoms with Crippen molar-refractivity contribution in [2.45, 2.75) is 6.42 Å². The van der Waals surface area contributed by atoms with Gasteiger partial charge in [0.05, 0.1) is 0 Å². The first-order chi connectivity index (χ1) is 8.34. The van der Waals surface area contributed by atoms with E-state index in [0.29, 0.717) is 0 Å². The molecular formula is C15H12IN. The fourth-order valence-electron chi connectivity index (χ4n) is 2.09. The maximum absolute atomic E-state index is 3.50. The van der Waals surface area contributed by atoms with Crippen LogP contribution < -0.4 is 0 Å². The number of fused-ring (bicyclic) bond motifs is 1. The zero-order chi connectivity index (χ0) is 11.7. The van der Waals surface area contributed by atoms with Crippen LogP contribution in [0, 0.1) is 3.57 Å². The second-order valence-corrected chi connectivity index (χ2v) is 5.20. The molecule has 0 aliphatic rings. The molecule has 0 spiro atoms. The van der Waals surface area contributed by atoms with E-state index in [2.05, 4.69) is 82.2 Å². The van der Waals surface area contributed by atoms with Crippen LogP contribution in [-0.2, 0) is 6.42 Å². The van der Waals surface area contributed by atoms with Gasteiger partial charge >= 0.3 is 0 Å². The molecular weight excluding hydrogens is 321 g/mol. The minimum atomic E-state index is 0.966. The molecule has 0 saturated carbocycles. The fourth-order valence-corrected chi connectivity index (χ4v) is 2.88. The molecule has 84 valence electrons. The van der Waals surface area contributed by atoms with Gasteiger partial charge < -0.3 is 4.98 Å². The minimum absolute atomic E-state index is 0.966. The quantitative estimate of drug-likeness (QED) is 0.671. The molecule has 17 heavy (non-hydrogen) atoms. The smallest absolute Gasteiger partial charge is 0.0467 e. The maximum atomic E-state index is 3.50. The Labute approximate surface area is 114 Å². The molecule has 3 rings (SSSR count). The average molecular weight is 333 g/mol. The average Bonchev–Trinajstić information content (AvgIpc) is 2.68. The topological polar surface area (TPSA) is 15.8 Å².